The van der Waals surface area contributed by atoms with Crippen molar-refractivity contribution in [1.82, 2.24) is 15.1 Å². The van der Waals surface area contributed by atoms with Crippen LogP contribution in [0.3, 0.4) is 0 Å². The van der Waals surface area contributed by atoms with Gasteiger partial charge in [-0.2, -0.15) is 0 Å². The summed E-state index contributed by atoms with van der Waals surface area (Å²) >= 11 is 5.88. The van der Waals surface area contributed by atoms with Crippen LogP contribution in [0.1, 0.15) is 36.0 Å². The quantitative estimate of drug-likeness (QED) is 0.888. The third-order valence-corrected chi connectivity index (χ3v) is 5.27. The van der Waals surface area contributed by atoms with Crippen molar-refractivity contribution in [2.24, 2.45) is 0 Å². The fourth-order valence-electron chi connectivity index (χ4n) is 3.64. The second-order valence-corrected chi connectivity index (χ2v) is 7.06. The average Bonchev–Trinajstić information content (AvgIpc) is 2.91. The average molecular weight is 368 g/mol. The molecule has 0 aliphatic carbocycles. The molecule has 0 unspecified atom stereocenters. The number of nitrogens with zero attached hydrogens (tertiary/aromatic N) is 2. The number of halogens is 2. The van der Waals surface area contributed by atoms with Gasteiger partial charge < -0.3 is 10.2 Å². The number of fused-ring (bicyclic) bond motifs is 1. The predicted molar refractivity (Wildman–Crippen MR) is 94.2 cm³/mol. The highest BCUT2D eigenvalue weighted by atomic mass is 35.5. The van der Waals surface area contributed by atoms with Crippen molar-refractivity contribution in [3.8, 4) is 0 Å². The van der Waals surface area contributed by atoms with E-state index in [0.29, 0.717) is 6.04 Å². The van der Waals surface area contributed by atoms with Gasteiger partial charge in [-0.15, -0.1) is 0 Å². The molecule has 5 nitrogen and oxygen atoms in total. The topological polar surface area (TPSA) is 52.7 Å². The maximum absolute atomic E-state index is 13.0. The molecule has 1 aromatic rings. The van der Waals surface area contributed by atoms with E-state index in [4.69, 9.17) is 11.6 Å². The summed E-state index contributed by atoms with van der Waals surface area (Å²) < 4.78 is 13.0. The Kier molecular flexibility index (Phi) is 5.91. The summed E-state index contributed by atoms with van der Waals surface area (Å²) in [5.41, 5.74) is 0.215. The highest BCUT2D eigenvalue weighted by Crippen LogP contribution is 2.21. The van der Waals surface area contributed by atoms with Crippen molar-refractivity contribution in [3.63, 3.8) is 0 Å². The van der Waals surface area contributed by atoms with Gasteiger partial charge >= 0.3 is 0 Å². The second-order valence-electron chi connectivity index (χ2n) is 6.66. The van der Waals surface area contributed by atoms with Crippen LogP contribution in [0.25, 0.3) is 0 Å². The van der Waals surface area contributed by atoms with Crippen molar-refractivity contribution in [2.45, 2.75) is 31.7 Å². The first-order valence-corrected chi connectivity index (χ1v) is 9.17. The number of hydrogen-bond acceptors (Lipinski definition) is 3. The van der Waals surface area contributed by atoms with E-state index < -0.39 is 11.7 Å². The molecule has 25 heavy (non-hydrogen) atoms. The largest absolute Gasteiger partial charge is 0.351 e. The van der Waals surface area contributed by atoms with Crippen LogP contribution < -0.4 is 5.32 Å². The van der Waals surface area contributed by atoms with Crippen LogP contribution in [0.2, 0.25) is 5.02 Å². The maximum atomic E-state index is 13.0. The van der Waals surface area contributed by atoms with Crippen LogP contribution in [0.4, 0.5) is 4.39 Å². The first-order chi connectivity index (χ1) is 12.0. The molecular formula is C18H23ClFN3O2. The van der Waals surface area contributed by atoms with Crippen LogP contribution in [0.5, 0.6) is 0 Å². The predicted octanol–water partition coefficient (Wildman–Crippen LogP) is 2.30. The molecule has 2 fully saturated rings. The molecule has 2 aliphatic heterocycles. The van der Waals surface area contributed by atoms with E-state index in [9.17, 15) is 14.0 Å². The zero-order valence-corrected chi connectivity index (χ0v) is 14.9. The number of carbonyl (C=O) groups is 2. The fraction of sp³-hybridized carbons (Fsp3) is 0.556. The standard InChI is InChI=1S/C18H23ClFN3O2/c19-16-11-13(20)4-5-15(16)18(25)21-7-6-17(24)23-10-2-9-22-8-1-3-14(22)12-23/h4-5,11,14H,1-3,6-10,12H2,(H,21,25)/t14-/m0/s1. The van der Waals surface area contributed by atoms with Crippen LogP contribution in [-0.4, -0.2) is 60.4 Å². The Labute approximate surface area is 152 Å². The van der Waals surface area contributed by atoms with E-state index in [2.05, 4.69) is 10.2 Å². The number of hydrogen-bond donors (Lipinski definition) is 1. The van der Waals surface area contributed by atoms with Crippen molar-refractivity contribution in [1.29, 1.82) is 0 Å². The molecule has 1 N–H and O–H groups in total. The summed E-state index contributed by atoms with van der Waals surface area (Å²) in [6.07, 6.45) is 3.63. The second kappa shape index (κ2) is 8.15. The Morgan fingerprint density at radius 1 is 1.24 bits per heavy atom. The van der Waals surface area contributed by atoms with Crippen molar-refractivity contribution < 1.29 is 14.0 Å². The lowest BCUT2D eigenvalue weighted by atomic mass is 10.2. The minimum Gasteiger partial charge on any atom is -0.351 e. The number of carbonyl (C=O) groups excluding carboxylic acids is 2. The van der Waals surface area contributed by atoms with Crippen molar-refractivity contribution in [3.05, 3.63) is 34.6 Å². The molecule has 3 rings (SSSR count). The Bertz CT molecular complexity index is 655. The monoisotopic (exact) mass is 367 g/mol. The minimum atomic E-state index is -0.487. The Balaban J connectivity index is 1.48. The van der Waals surface area contributed by atoms with Crippen LogP contribution in [0, 0.1) is 5.82 Å². The highest BCUT2D eigenvalue weighted by Gasteiger charge is 2.30. The summed E-state index contributed by atoms with van der Waals surface area (Å²) in [7, 11) is 0. The van der Waals surface area contributed by atoms with Gasteiger partial charge in [0.1, 0.15) is 5.82 Å². The first kappa shape index (κ1) is 18.1. The van der Waals surface area contributed by atoms with Gasteiger partial charge in [-0.3, -0.25) is 14.5 Å². The summed E-state index contributed by atoms with van der Waals surface area (Å²) in [5.74, 6) is -0.811. The van der Waals surface area contributed by atoms with Crippen LogP contribution in [0.15, 0.2) is 18.2 Å². The molecule has 2 aliphatic rings. The van der Waals surface area contributed by atoms with E-state index in [-0.39, 0.29) is 29.5 Å². The number of nitrogens with one attached hydrogen (secondary N) is 1. The molecule has 2 heterocycles. The van der Waals surface area contributed by atoms with Gasteiger partial charge in [-0.05, 0) is 44.0 Å². The van der Waals surface area contributed by atoms with Gasteiger partial charge in [0.25, 0.3) is 5.91 Å². The molecular weight excluding hydrogens is 345 g/mol. The summed E-state index contributed by atoms with van der Waals surface area (Å²) in [6.45, 7) is 4.02. The minimum absolute atomic E-state index is 0.0673. The highest BCUT2D eigenvalue weighted by molar-refractivity contribution is 6.33. The smallest absolute Gasteiger partial charge is 0.252 e. The summed E-state index contributed by atoms with van der Waals surface area (Å²) in [4.78, 5) is 28.9. The normalized spacial score (nSPS) is 20.9. The Morgan fingerprint density at radius 2 is 2.04 bits per heavy atom. The van der Waals surface area contributed by atoms with Gasteiger partial charge in [0.15, 0.2) is 0 Å². The molecule has 0 saturated carbocycles. The van der Waals surface area contributed by atoms with Gasteiger partial charge in [0.05, 0.1) is 10.6 Å². The zero-order valence-electron chi connectivity index (χ0n) is 14.1. The van der Waals surface area contributed by atoms with E-state index >= 15 is 0 Å². The number of rotatable bonds is 4. The fourth-order valence-corrected chi connectivity index (χ4v) is 3.90. The molecule has 136 valence electrons. The molecule has 2 saturated heterocycles. The lowest BCUT2D eigenvalue weighted by Crippen LogP contribution is -2.40. The van der Waals surface area contributed by atoms with E-state index in [1.807, 2.05) is 4.90 Å². The van der Waals surface area contributed by atoms with Crippen molar-refractivity contribution >= 4 is 23.4 Å². The lowest BCUT2D eigenvalue weighted by molar-refractivity contribution is -0.131. The Hall–Kier alpha value is -1.66. The Morgan fingerprint density at radius 3 is 2.84 bits per heavy atom. The first-order valence-electron chi connectivity index (χ1n) is 8.79. The summed E-state index contributed by atoms with van der Waals surface area (Å²) in [6, 6.07) is 4.13. The van der Waals surface area contributed by atoms with Gasteiger partial charge in [-0.25, -0.2) is 4.39 Å². The zero-order chi connectivity index (χ0) is 17.8. The SMILES string of the molecule is O=C(NCCC(=O)N1CCCN2CCC[C@H]2C1)c1ccc(F)cc1Cl. The van der Waals surface area contributed by atoms with E-state index in [1.165, 1.54) is 18.6 Å². The molecule has 1 atom stereocenters. The lowest BCUT2D eigenvalue weighted by Gasteiger charge is -2.25. The number of benzene rings is 1. The molecule has 0 radical (unpaired) electrons. The molecule has 0 aromatic heterocycles. The maximum Gasteiger partial charge on any atom is 0.252 e. The summed E-state index contributed by atoms with van der Waals surface area (Å²) in [5, 5.41) is 2.75. The van der Waals surface area contributed by atoms with E-state index in [1.54, 1.807) is 0 Å². The van der Waals surface area contributed by atoms with Gasteiger partial charge in [0.2, 0.25) is 5.91 Å². The van der Waals surface area contributed by atoms with E-state index in [0.717, 1.165) is 45.1 Å². The van der Waals surface area contributed by atoms with Crippen LogP contribution >= 0.6 is 11.6 Å². The van der Waals surface area contributed by atoms with Crippen molar-refractivity contribution in [2.75, 3.05) is 32.7 Å². The molecule has 0 bridgehead atoms. The third-order valence-electron chi connectivity index (χ3n) is 4.96. The van der Waals surface area contributed by atoms with Gasteiger partial charge in [0, 0.05) is 38.6 Å². The molecule has 7 heteroatoms. The van der Waals surface area contributed by atoms with Crippen LogP contribution in [-0.2, 0) is 4.79 Å². The van der Waals surface area contributed by atoms with Gasteiger partial charge in [-0.1, -0.05) is 11.6 Å². The molecule has 2 amide bonds. The third kappa shape index (κ3) is 4.50. The molecule has 1 aromatic carbocycles. The molecule has 0 spiro atoms. The number of amides is 2.